The minimum absolute atomic E-state index is 0.201. The average molecular weight is 603 g/mol. The predicted octanol–water partition coefficient (Wildman–Crippen LogP) is 5.03. The largest absolute Gasteiger partial charge is 0.465 e. The quantitative estimate of drug-likeness (QED) is 0.209. The number of rotatable bonds is 12. The van der Waals surface area contributed by atoms with Crippen LogP contribution in [0.5, 0.6) is 0 Å². The molecule has 43 heavy (non-hydrogen) atoms. The third-order valence-corrected chi connectivity index (χ3v) is 11.4. The molecule has 6 atom stereocenters. The Morgan fingerprint density at radius 3 is 2.58 bits per heavy atom. The van der Waals surface area contributed by atoms with Gasteiger partial charge in [0, 0.05) is 17.0 Å². The Morgan fingerprint density at radius 1 is 1.16 bits per heavy atom. The fourth-order valence-electron chi connectivity index (χ4n) is 7.46. The first kappa shape index (κ1) is 31.1. The minimum atomic E-state index is -0.872. The van der Waals surface area contributed by atoms with Crippen molar-refractivity contribution in [3.8, 4) is 0 Å². The summed E-state index contributed by atoms with van der Waals surface area (Å²) in [7, 11) is 0. The summed E-state index contributed by atoms with van der Waals surface area (Å²) in [6, 6.07) is 14.2. The second-order valence-electron chi connectivity index (χ2n) is 12.3. The van der Waals surface area contributed by atoms with E-state index in [4.69, 9.17) is 4.74 Å². The Balaban J connectivity index is 1.62. The number of esters is 1. The number of carbonyl (C=O) groups is 3. The van der Waals surface area contributed by atoms with Gasteiger partial charge in [0.05, 0.1) is 35.8 Å². The number of amides is 2. The summed E-state index contributed by atoms with van der Waals surface area (Å²) >= 11 is 1.61. The van der Waals surface area contributed by atoms with Gasteiger partial charge in [0.15, 0.2) is 0 Å². The van der Waals surface area contributed by atoms with E-state index in [0.29, 0.717) is 25.7 Å². The van der Waals surface area contributed by atoms with Crippen LogP contribution < -0.4 is 4.90 Å². The van der Waals surface area contributed by atoms with Gasteiger partial charge in [-0.3, -0.25) is 14.4 Å². The Kier molecular flexibility index (Phi) is 8.91. The molecule has 1 spiro atoms. The number of nitrogens with zero attached hydrogens (tertiary/aromatic N) is 2. The van der Waals surface area contributed by atoms with Gasteiger partial charge in [0.25, 0.3) is 5.91 Å². The molecule has 7 nitrogen and oxygen atoms in total. The zero-order valence-electron chi connectivity index (χ0n) is 25.3. The lowest BCUT2D eigenvalue weighted by Gasteiger charge is -2.40. The van der Waals surface area contributed by atoms with Crippen molar-refractivity contribution < 1.29 is 24.2 Å². The molecular formula is C35H42N2O5S. The van der Waals surface area contributed by atoms with Crippen LogP contribution in [0, 0.1) is 25.7 Å². The summed E-state index contributed by atoms with van der Waals surface area (Å²) in [4.78, 5) is 46.7. The zero-order valence-corrected chi connectivity index (χ0v) is 26.1. The van der Waals surface area contributed by atoms with Crippen LogP contribution in [-0.4, -0.2) is 69.1 Å². The summed E-state index contributed by atoms with van der Waals surface area (Å²) in [6.07, 6.45) is 5.61. The smallest absolute Gasteiger partial charge is 0.311 e. The molecule has 2 aromatic carbocycles. The number of hydrogen-bond donors (Lipinski definition) is 1. The van der Waals surface area contributed by atoms with Crippen molar-refractivity contribution in [2.45, 2.75) is 68.0 Å². The molecule has 0 aromatic heterocycles. The Bertz CT molecular complexity index is 1410. The first-order valence-corrected chi connectivity index (χ1v) is 15.9. The third kappa shape index (κ3) is 5.33. The SMILES string of the molecule is C=CCCOC(=O)[C@@H]1[C@H]2C(=O)N([C@@H](CO)Cc3ccccc3)C(C(=O)N(CC=C)c3cc(C)ccc3C)C23CC[C@@]1(C)S3. The highest BCUT2D eigenvalue weighted by molar-refractivity contribution is 8.02. The molecule has 1 N–H and O–H groups in total. The van der Waals surface area contributed by atoms with Gasteiger partial charge in [0.1, 0.15) is 6.04 Å². The van der Waals surface area contributed by atoms with Gasteiger partial charge in [-0.05, 0) is 69.2 Å². The molecule has 2 bridgehead atoms. The van der Waals surface area contributed by atoms with E-state index in [1.807, 2.05) is 69.3 Å². The lowest BCUT2D eigenvalue weighted by atomic mass is 9.66. The third-order valence-electron chi connectivity index (χ3n) is 9.42. The van der Waals surface area contributed by atoms with E-state index in [9.17, 15) is 14.7 Å². The van der Waals surface area contributed by atoms with Crippen molar-refractivity contribution in [3.05, 3.63) is 90.5 Å². The lowest BCUT2D eigenvalue weighted by molar-refractivity contribution is -0.156. The molecule has 2 aromatic rings. The van der Waals surface area contributed by atoms with Crippen LogP contribution >= 0.6 is 11.8 Å². The summed E-state index contributed by atoms with van der Waals surface area (Å²) in [5.74, 6) is -2.28. The maximum absolute atomic E-state index is 15.0. The van der Waals surface area contributed by atoms with Gasteiger partial charge < -0.3 is 19.6 Å². The molecule has 3 fully saturated rings. The highest BCUT2D eigenvalue weighted by Crippen LogP contribution is 2.72. The zero-order chi connectivity index (χ0) is 30.9. The van der Waals surface area contributed by atoms with Gasteiger partial charge >= 0.3 is 5.97 Å². The molecule has 228 valence electrons. The van der Waals surface area contributed by atoms with Crippen molar-refractivity contribution in [3.63, 3.8) is 0 Å². The number of hydrogen-bond acceptors (Lipinski definition) is 6. The van der Waals surface area contributed by atoms with Crippen molar-refractivity contribution in [2.24, 2.45) is 11.8 Å². The monoisotopic (exact) mass is 602 g/mol. The maximum atomic E-state index is 15.0. The van der Waals surface area contributed by atoms with Crippen LogP contribution in [0.4, 0.5) is 5.69 Å². The van der Waals surface area contributed by atoms with Crippen LogP contribution in [0.25, 0.3) is 0 Å². The highest BCUT2D eigenvalue weighted by atomic mass is 32.2. The molecule has 8 heteroatoms. The Morgan fingerprint density at radius 2 is 1.91 bits per heavy atom. The minimum Gasteiger partial charge on any atom is -0.465 e. The van der Waals surface area contributed by atoms with E-state index >= 15 is 4.79 Å². The highest BCUT2D eigenvalue weighted by Gasteiger charge is 2.78. The van der Waals surface area contributed by atoms with Gasteiger partial charge in [-0.1, -0.05) is 54.6 Å². The average Bonchev–Trinajstić information content (AvgIpc) is 3.57. The topological polar surface area (TPSA) is 87.1 Å². The number of aliphatic hydroxyl groups excluding tert-OH is 1. The van der Waals surface area contributed by atoms with Gasteiger partial charge in [-0.2, -0.15) is 0 Å². The molecule has 5 rings (SSSR count). The van der Waals surface area contributed by atoms with Gasteiger partial charge in [0.2, 0.25) is 5.91 Å². The molecule has 0 radical (unpaired) electrons. The molecule has 3 heterocycles. The first-order chi connectivity index (χ1) is 20.6. The maximum Gasteiger partial charge on any atom is 0.311 e. The molecule has 0 saturated carbocycles. The number of thioether (sulfide) groups is 1. The number of aryl methyl sites for hydroxylation is 2. The van der Waals surface area contributed by atoms with Crippen LogP contribution in [0.15, 0.2) is 73.8 Å². The summed E-state index contributed by atoms with van der Waals surface area (Å²) in [6.45, 7) is 13.8. The Labute approximate surface area is 259 Å². The van der Waals surface area contributed by atoms with Crippen molar-refractivity contribution in [1.29, 1.82) is 0 Å². The number of benzene rings is 2. The number of anilines is 1. The normalized spacial score (nSPS) is 28.0. The fourth-order valence-corrected chi connectivity index (χ4v) is 9.78. The van der Waals surface area contributed by atoms with Crippen LogP contribution in [-0.2, 0) is 25.5 Å². The van der Waals surface area contributed by atoms with Crippen LogP contribution in [0.3, 0.4) is 0 Å². The molecule has 2 amide bonds. The molecule has 0 aliphatic carbocycles. The number of ether oxygens (including phenoxy) is 1. The second-order valence-corrected chi connectivity index (χ2v) is 14.2. The summed E-state index contributed by atoms with van der Waals surface area (Å²) in [5.41, 5.74) is 3.68. The van der Waals surface area contributed by atoms with E-state index < -0.39 is 39.4 Å². The summed E-state index contributed by atoms with van der Waals surface area (Å²) in [5, 5.41) is 10.8. The van der Waals surface area contributed by atoms with E-state index in [-0.39, 0.29) is 31.6 Å². The molecule has 3 aliphatic heterocycles. The lowest BCUT2D eigenvalue weighted by Crippen LogP contribution is -2.58. The number of fused-ring (bicyclic) bond motifs is 1. The standard InChI is InChI=1S/C35H42N2O5S/c1-6-8-19-42-33(41)29-28-31(39)37(26(22-38)21-25-12-10-9-11-13-25)30(35(28)17-16-34(29,5)43-35)32(40)36(18-7-2)27-20-23(3)14-15-24(27)4/h6-7,9-15,20,26,28-30,38H,1-2,8,16-19,21-22H2,3-5H3/t26-,28+,29+,30?,34-,35?/m1/s1. The van der Waals surface area contributed by atoms with Crippen molar-refractivity contribution in [2.75, 3.05) is 24.7 Å². The van der Waals surface area contributed by atoms with Crippen molar-refractivity contribution in [1.82, 2.24) is 4.90 Å². The van der Waals surface area contributed by atoms with Gasteiger partial charge in [-0.25, -0.2) is 0 Å². The number of carbonyl (C=O) groups excluding carboxylic acids is 3. The molecular weight excluding hydrogens is 560 g/mol. The van der Waals surface area contributed by atoms with E-state index in [1.54, 1.807) is 33.7 Å². The second kappa shape index (κ2) is 12.3. The van der Waals surface area contributed by atoms with Crippen LogP contribution in [0.1, 0.15) is 42.9 Å². The number of likely N-dealkylation sites (tertiary alicyclic amines) is 1. The van der Waals surface area contributed by atoms with Gasteiger partial charge in [-0.15, -0.1) is 24.9 Å². The number of aliphatic hydroxyl groups is 1. The Hall–Kier alpha value is -3.36. The van der Waals surface area contributed by atoms with E-state index in [2.05, 4.69) is 13.2 Å². The van der Waals surface area contributed by atoms with Crippen LogP contribution in [0.2, 0.25) is 0 Å². The molecule has 3 saturated heterocycles. The fraction of sp³-hybridized carbons (Fsp3) is 0.457. The molecule has 2 unspecified atom stereocenters. The van der Waals surface area contributed by atoms with E-state index in [1.165, 1.54) is 0 Å². The first-order valence-electron chi connectivity index (χ1n) is 15.1. The predicted molar refractivity (Wildman–Crippen MR) is 171 cm³/mol. The van der Waals surface area contributed by atoms with Crippen molar-refractivity contribution >= 4 is 35.2 Å². The van der Waals surface area contributed by atoms with E-state index in [0.717, 1.165) is 22.4 Å². The molecule has 3 aliphatic rings. The summed E-state index contributed by atoms with van der Waals surface area (Å²) < 4.78 is 4.32.